The highest BCUT2D eigenvalue weighted by molar-refractivity contribution is 6.34. The number of halogens is 2. The molecule has 0 aliphatic heterocycles. The number of amides is 1. The van der Waals surface area contributed by atoms with Gasteiger partial charge in [-0.2, -0.15) is 0 Å². The molecule has 29 heavy (non-hydrogen) atoms. The van der Waals surface area contributed by atoms with Crippen molar-refractivity contribution in [3.8, 4) is 5.75 Å². The Labute approximate surface area is 172 Å². The van der Waals surface area contributed by atoms with Crippen molar-refractivity contribution in [2.75, 3.05) is 6.54 Å². The first-order chi connectivity index (χ1) is 13.6. The number of phenolic OH excluding ortho intramolecular Hbond substituents is 1. The summed E-state index contributed by atoms with van der Waals surface area (Å²) in [4.78, 5) is 28.0. The van der Waals surface area contributed by atoms with Crippen molar-refractivity contribution in [3.63, 3.8) is 0 Å². The van der Waals surface area contributed by atoms with Crippen LogP contribution in [0, 0.1) is 25.2 Å². The van der Waals surface area contributed by atoms with E-state index in [1.807, 2.05) is 0 Å². The molecule has 2 aromatic carbocycles. The van der Waals surface area contributed by atoms with Gasteiger partial charge in [0.25, 0.3) is 0 Å². The van der Waals surface area contributed by atoms with Crippen LogP contribution < -0.4 is 5.32 Å². The smallest absolute Gasteiger partial charge is 0.226 e. The molecule has 6 nitrogen and oxygen atoms in total. The lowest BCUT2D eigenvalue weighted by Gasteiger charge is -2.21. The number of aromatic hydroxyl groups is 1. The van der Waals surface area contributed by atoms with E-state index in [-0.39, 0.29) is 18.5 Å². The Hall–Kier alpha value is -2.95. The Morgan fingerprint density at radius 1 is 1.31 bits per heavy atom. The molecule has 0 aliphatic carbocycles. The van der Waals surface area contributed by atoms with Crippen LogP contribution in [-0.2, 0) is 11.2 Å². The maximum Gasteiger partial charge on any atom is 0.226 e. The molecule has 152 valence electrons. The van der Waals surface area contributed by atoms with Crippen LogP contribution in [0.2, 0.25) is 5.02 Å². The number of benzene rings is 2. The summed E-state index contributed by atoms with van der Waals surface area (Å²) in [6, 6.07) is 6.39. The van der Waals surface area contributed by atoms with E-state index in [2.05, 4.69) is 10.2 Å². The summed E-state index contributed by atoms with van der Waals surface area (Å²) < 4.78 is 13.1. The third kappa shape index (κ3) is 5.31. The molecule has 0 saturated carbocycles. The second-order valence-electron chi connectivity index (χ2n) is 6.65. The monoisotopic (exact) mass is 418 g/mol. The second-order valence-corrected chi connectivity index (χ2v) is 7.03. The van der Waals surface area contributed by atoms with Crippen LogP contribution in [0.15, 0.2) is 30.3 Å². The minimum Gasteiger partial charge on any atom is -0.505 e. The largest absolute Gasteiger partial charge is 0.505 e. The minimum atomic E-state index is -1.00. The summed E-state index contributed by atoms with van der Waals surface area (Å²) in [7, 11) is 0. The molecule has 0 fully saturated rings. The maximum absolute atomic E-state index is 13.1. The fourth-order valence-corrected chi connectivity index (χ4v) is 3.05. The molecule has 0 unspecified atom stereocenters. The van der Waals surface area contributed by atoms with E-state index < -0.39 is 35.3 Å². The number of carbonyl (C=O) groups excluding carboxylic acids is 2. The number of aliphatic hydroxyl groups excluding tert-OH is 1. The van der Waals surface area contributed by atoms with E-state index in [0.717, 1.165) is 12.1 Å². The number of nitrogens with one attached hydrogen (secondary N) is 1. The fourth-order valence-electron chi connectivity index (χ4n) is 2.82. The highest BCUT2D eigenvalue weighted by Gasteiger charge is 2.26. The summed E-state index contributed by atoms with van der Waals surface area (Å²) in [5, 5.41) is 22.2. The van der Waals surface area contributed by atoms with Crippen LogP contribution in [-0.4, -0.2) is 34.6 Å². The van der Waals surface area contributed by atoms with Gasteiger partial charge >= 0.3 is 0 Å². The Morgan fingerprint density at radius 3 is 2.59 bits per heavy atom. The highest BCUT2D eigenvalue weighted by atomic mass is 35.5. The van der Waals surface area contributed by atoms with E-state index in [1.165, 1.54) is 13.0 Å². The molecular formula is C21H20ClFN2O4. The highest BCUT2D eigenvalue weighted by Crippen LogP contribution is 2.32. The molecule has 0 radical (unpaired) electrons. The molecule has 0 spiro atoms. The number of aliphatic hydroxyl groups is 1. The summed E-state index contributed by atoms with van der Waals surface area (Å²) >= 11 is 6.17. The van der Waals surface area contributed by atoms with Crippen LogP contribution in [0.3, 0.4) is 0 Å². The van der Waals surface area contributed by atoms with Crippen molar-refractivity contribution in [1.29, 1.82) is 0 Å². The summed E-state index contributed by atoms with van der Waals surface area (Å²) in [5.41, 5.74) is 1.71. The van der Waals surface area contributed by atoms with Gasteiger partial charge in [0.05, 0.1) is 30.2 Å². The average molecular weight is 419 g/mol. The Kier molecular flexibility index (Phi) is 7.32. The molecule has 0 aliphatic rings. The lowest BCUT2D eigenvalue weighted by atomic mass is 9.91. The van der Waals surface area contributed by atoms with Gasteiger partial charge in [-0.05, 0) is 49.6 Å². The number of hydrogen-bond acceptors (Lipinski definition) is 4. The van der Waals surface area contributed by atoms with Crippen molar-refractivity contribution in [1.82, 2.24) is 5.32 Å². The quantitative estimate of drug-likeness (QED) is 0.473. The van der Waals surface area contributed by atoms with Crippen molar-refractivity contribution in [2.45, 2.75) is 26.4 Å². The van der Waals surface area contributed by atoms with Crippen LogP contribution in [0.5, 0.6) is 5.75 Å². The zero-order valence-corrected chi connectivity index (χ0v) is 16.6. The van der Waals surface area contributed by atoms with E-state index in [9.17, 15) is 24.2 Å². The molecular weight excluding hydrogens is 399 g/mol. The number of ketones is 1. The number of carbonyl (C=O) groups is 2. The average Bonchev–Trinajstić information content (AvgIpc) is 2.68. The Morgan fingerprint density at radius 2 is 2.00 bits per heavy atom. The van der Waals surface area contributed by atoms with Crippen LogP contribution >= 0.6 is 11.6 Å². The van der Waals surface area contributed by atoms with Crippen molar-refractivity contribution < 1.29 is 24.2 Å². The third-order valence-corrected chi connectivity index (χ3v) is 5.13. The first-order valence-corrected chi connectivity index (χ1v) is 9.16. The first kappa shape index (κ1) is 22.3. The molecule has 0 bridgehead atoms. The topological polar surface area (TPSA) is 91.0 Å². The first-order valence-electron chi connectivity index (χ1n) is 8.78. The molecule has 3 N–H and O–H groups in total. The lowest BCUT2D eigenvalue weighted by molar-refractivity contribution is -0.127. The minimum absolute atomic E-state index is 0.0511. The van der Waals surface area contributed by atoms with E-state index >= 15 is 0 Å². The summed E-state index contributed by atoms with van der Waals surface area (Å²) in [6.45, 7) is 9.91. The van der Waals surface area contributed by atoms with Gasteiger partial charge in [-0.1, -0.05) is 23.7 Å². The van der Waals surface area contributed by atoms with Gasteiger partial charge in [0.1, 0.15) is 0 Å². The van der Waals surface area contributed by atoms with E-state index in [4.69, 9.17) is 18.2 Å². The van der Waals surface area contributed by atoms with E-state index in [0.29, 0.717) is 21.8 Å². The predicted molar refractivity (Wildman–Crippen MR) is 107 cm³/mol. The molecule has 0 aromatic heterocycles. The van der Waals surface area contributed by atoms with Gasteiger partial charge in [0.2, 0.25) is 11.6 Å². The zero-order valence-electron chi connectivity index (χ0n) is 15.9. The lowest BCUT2D eigenvalue weighted by Crippen LogP contribution is -2.40. The van der Waals surface area contributed by atoms with Gasteiger partial charge < -0.3 is 15.5 Å². The van der Waals surface area contributed by atoms with Crippen LogP contribution in [0.25, 0.3) is 4.85 Å². The summed E-state index contributed by atoms with van der Waals surface area (Å²) in [6.07, 6.45) is -0.836. The number of Topliss-reactive ketones (excluding diaryl/α,β-unsaturated/α-hetero) is 1. The van der Waals surface area contributed by atoms with Crippen LogP contribution in [0.4, 0.5) is 10.1 Å². The molecule has 2 atom stereocenters. The van der Waals surface area contributed by atoms with Crippen molar-refractivity contribution in [3.05, 3.63) is 69.3 Å². The maximum atomic E-state index is 13.1. The van der Waals surface area contributed by atoms with Crippen molar-refractivity contribution >= 4 is 29.0 Å². The number of hydrogen-bond donors (Lipinski definition) is 3. The molecule has 8 heteroatoms. The van der Waals surface area contributed by atoms with E-state index in [1.54, 1.807) is 19.1 Å². The van der Waals surface area contributed by atoms with Gasteiger partial charge in [-0.25, -0.2) is 9.24 Å². The van der Waals surface area contributed by atoms with Gasteiger partial charge in [0, 0.05) is 5.56 Å². The number of rotatable bonds is 7. The zero-order chi connectivity index (χ0) is 21.7. The van der Waals surface area contributed by atoms with Gasteiger partial charge in [0.15, 0.2) is 17.3 Å². The molecule has 0 saturated heterocycles. The molecule has 2 rings (SSSR count). The molecule has 0 heterocycles. The molecule has 1 amide bonds. The Balaban J connectivity index is 2.10. The summed E-state index contributed by atoms with van der Waals surface area (Å²) in [5.74, 6) is -3.40. The Bertz CT molecular complexity index is 985. The number of phenols is 1. The predicted octanol–water partition coefficient (Wildman–Crippen LogP) is 3.58. The number of nitrogens with zero attached hydrogens (tertiary/aromatic N) is 1. The standard InChI is InChI=1S/C21H20ClFN2O4/c1-11-13(5-7-17(24-3)20(11)22)8-15(12(2)26)21(29)25-10-19(28)14-4-6-16(23)18(27)9-14/h4-7,9,12,15,26-27H,8,10H2,1-2H3,(H,25,29)/t12-,15-/m1/s1. The van der Waals surface area contributed by atoms with Crippen molar-refractivity contribution in [2.24, 2.45) is 5.92 Å². The van der Waals surface area contributed by atoms with Gasteiger partial charge in [-0.3, -0.25) is 9.59 Å². The third-order valence-electron chi connectivity index (χ3n) is 4.65. The SMILES string of the molecule is [C-]#[N+]c1ccc(C[C@@H](C(=O)NCC(=O)c2ccc(F)c(O)c2)[C@@H](C)O)c(C)c1Cl. The fraction of sp³-hybridized carbons (Fsp3) is 0.286. The normalized spacial score (nSPS) is 12.7. The molecule has 2 aromatic rings. The second kappa shape index (κ2) is 9.50. The van der Waals surface area contributed by atoms with Gasteiger partial charge in [-0.15, -0.1) is 0 Å². The van der Waals surface area contributed by atoms with Crippen LogP contribution in [0.1, 0.15) is 28.4 Å².